The Bertz CT molecular complexity index is 1300. The number of oxime groups is 1. The van der Waals surface area contributed by atoms with Gasteiger partial charge >= 0.3 is 5.97 Å². The van der Waals surface area contributed by atoms with Gasteiger partial charge in [0.15, 0.2) is 0 Å². The molecule has 0 spiro atoms. The standard InChI is InChI=1S/C27H30ClN3O8/c1-3-4-16(17-6-9-22(27(34)35)23(13-17)31(37)38)14-25(32)30-15-21(29-36)8-5-18(26(30)33)11-19-12-20(28)7-10-24(19)39-2/h6-7,9-10,12-13,16,18,36H,3-5,8,11,14-15H2,1-2H3,(H,34,35)/b29-21+/t16-,18?/m0/s1. The van der Waals surface area contributed by atoms with Crippen LogP contribution in [0.15, 0.2) is 41.6 Å². The number of aromatic carboxylic acids is 1. The molecule has 1 aliphatic heterocycles. The van der Waals surface area contributed by atoms with Gasteiger partial charge in [-0.1, -0.05) is 36.2 Å². The lowest BCUT2D eigenvalue weighted by Gasteiger charge is -2.25. The lowest BCUT2D eigenvalue weighted by molar-refractivity contribution is -0.385. The first-order chi connectivity index (χ1) is 18.6. The third-order valence-corrected chi connectivity index (χ3v) is 7.10. The topological polar surface area (TPSA) is 160 Å². The fraction of sp³-hybridized carbons (Fsp3) is 0.407. The lowest BCUT2D eigenvalue weighted by Crippen LogP contribution is -2.42. The van der Waals surface area contributed by atoms with Crippen molar-refractivity contribution < 1.29 is 34.4 Å². The van der Waals surface area contributed by atoms with E-state index in [0.717, 1.165) is 11.0 Å². The van der Waals surface area contributed by atoms with Gasteiger partial charge in [0.1, 0.15) is 11.3 Å². The monoisotopic (exact) mass is 559 g/mol. The summed E-state index contributed by atoms with van der Waals surface area (Å²) < 4.78 is 5.40. The average molecular weight is 560 g/mol. The van der Waals surface area contributed by atoms with E-state index in [2.05, 4.69) is 5.16 Å². The number of nitro groups is 1. The third-order valence-electron chi connectivity index (χ3n) is 6.87. The molecule has 1 heterocycles. The molecule has 12 heteroatoms. The van der Waals surface area contributed by atoms with Crippen LogP contribution in [0.3, 0.4) is 0 Å². The first-order valence-electron chi connectivity index (χ1n) is 12.5. The Kier molecular flexibility index (Phi) is 10.00. The molecule has 0 aliphatic carbocycles. The summed E-state index contributed by atoms with van der Waals surface area (Å²) in [5.74, 6) is -2.93. The van der Waals surface area contributed by atoms with Gasteiger partial charge in [0.2, 0.25) is 11.8 Å². The molecule has 3 rings (SSSR count). The number of carboxylic acid groups (broad SMARTS) is 1. The van der Waals surface area contributed by atoms with E-state index in [1.807, 2.05) is 6.92 Å². The van der Waals surface area contributed by atoms with Crippen molar-refractivity contribution in [3.8, 4) is 5.75 Å². The third kappa shape index (κ3) is 7.11. The van der Waals surface area contributed by atoms with E-state index in [1.54, 1.807) is 18.2 Å². The van der Waals surface area contributed by atoms with Gasteiger partial charge < -0.3 is 15.1 Å². The van der Waals surface area contributed by atoms with Crippen LogP contribution >= 0.6 is 11.6 Å². The number of carboxylic acids is 1. The first-order valence-corrected chi connectivity index (χ1v) is 12.8. The van der Waals surface area contributed by atoms with Crippen molar-refractivity contribution in [3.05, 3.63) is 68.2 Å². The first kappa shape index (κ1) is 29.6. The molecule has 1 fully saturated rings. The van der Waals surface area contributed by atoms with E-state index in [4.69, 9.17) is 16.3 Å². The maximum atomic E-state index is 13.6. The molecule has 2 aromatic rings. The lowest BCUT2D eigenvalue weighted by atomic mass is 9.89. The van der Waals surface area contributed by atoms with Crippen molar-refractivity contribution in [2.24, 2.45) is 11.1 Å². The summed E-state index contributed by atoms with van der Waals surface area (Å²) in [6.45, 7) is 1.72. The van der Waals surface area contributed by atoms with Crippen LogP contribution in [0, 0.1) is 16.0 Å². The minimum absolute atomic E-state index is 0.144. The molecular formula is C27H30ClN3O8. The zero-order valence-corrected chi connectivity index (χ0v) is 22.4. The van der Waals surface area contributed by atoms with Crippen molar-refractivity contribution in [2.45, 2.75) is 51.4 Å². The Morgan fingerprint density at radius 1 is 1.28 bits per heavy atom. The Morgan fingerprint density at radius 3 is 2.64 bits per heavy atom. The fourth-order valence-corrected chi connectivity index (χ4v) is 5.06. The van der Waals surface area contributed by atoms with Gasteiger partial charge in [0, 0.05) is 23.4 Å². The molecular weight excluding hydrogens is 530 g/mol. The summed E-state index contributed by atoms with van der Waals surface area (Å²) >= 11 is 6.16. The zero-order chi connectivity index (χ0) is 28.7. The van der Waals surface area contributed by atoms with Gasteiger partial charge in [0.05, 0.1) is 24.3 Å². The van der Waals surface area contributed by atoms with Crippen molar-refractivity contribution in [1.82, 2.24) is 4.90 Å². The van der Waals surface area contributed by atoms with Crippen molar-refractivity contribution in [2.75, 3.05) is 13.7 Å². The second kappa shape index (κ2) is 13.2. The molecule has 2 amide bonds. The quantitative estimate of drug-likeness (QED) is 0.232. The number of nitro benzene ring substituents is 1. The smallest absolute Gasteiger partial charge is 0.342 e. The molecule has 39 heavy (non-hydrogen) atoms. The van der Waals surface area contributed by atoms with Crippen LogP contribution < -0.4 is 4.74 Å². The highest BCUT2D eigenvalue weighted by molar-refractivity contribution is 6.30. The summed E-state index contributed by atoms with van der Waals surface area (Å²) in [5, 5.41) is 34.0. The zero-order valence-electron chi connectivity index (χ0n) is 21.6. The Hall–Kier alpha value is -3.99. The van der Waals surface area contributed by atoms with Crippen molar-refractivity contribution in [3.63, 3.8) is 0 Å². The predicted molar refractivity (Wildman–Crippen MR) is 143 cm³/mol. The second-order valence-corrected chi connectivity index (χ2v) is 9.85. The second-order valence-electron chi connectivity index (χ2n) is 9.41. The van der Waals surface area contributed by atoms with Gasteiger partial charge in [-0.3, -0.25) is 24.6 Å². The molecule has 1 saturated heterocycles. The highest BCUT2D eigenvalue weighted by atomic mass is 35.5. The number of hydrogen-bond acceptors (Lipinski definition) is 8. The summed E-state index contributed by atoms with van der Waals surface area (Å²) in [6.07, 6.45) is 1.88. The van der Waals surface area contributed by atoms with Gasteiger partial charge in [-0.05, 0) is 67.0 Å². The van der Waals surface area contributed by atoms with Crippen LogP contribution in [-0.2, 0) is 16.0 Å². The van der Waals surface area contributed by atoms with Gasteiger partial charge in [-0.25, -0.2) is 4.79 Å². The van der Waals surface area contributed by atoms with Crippen LogP contribution in [0.4, 0.5) is 5.69 Å². The number of amides is 2. The fourth-order valence-electron chi connectivity index (χ4n) is 4.87. The predicted octanol–water partition coefficient (Wildman–Crippen LogP) is 5.07. The van der Waals surface area contributed by atoms with Gasteiger partial charge in [0.25, 0.3) is 5.69 Å². The maximum absolute atomic E-state index is 13.6. The summed E-state index contributed by atoms with van der Waals surface area (Å²) in [4.78, 5) is 50.4. The summed E-state index contributed by atoms with van der Waals surface area (Å²) in [5.41, 5.74) is 0.404. The number of methoxy groups -OCH3 is 1. The molecule has 2 N–H and O–H groups in total. The number of carbonyl (C=O) groups is 3. The maximum Gasteiger partial charge on any atom is 0.342 e. The Labute approximate surface area is 230 Å². The molecule has 1 aliphatic rings. The number of benzene rings is 2. The van der Waals surface area contributed by atoms with Crippen LogP contribution in [0.25, 0.3) is 0 Å². The molecule has 2 aromatic carbocycles. The number of ether oxygens (including phenoxy) is 1. The molecule has 0 radical (unpaired) electrons. The average Bonchev–Trinajstić information content (AvgIpc) is 3.06. The molecule has 0 bridgehead atoms. The van der Waals surface area contributed by atoms with Crippen LogP contribution in [0.2, 0.25) is 5.02 Å². The molecule has 208 valence electrons. The Morgan fingerprint density at radius 2 is 2.03 bits per heavy atom. The normalized spacial score (nSPS) is 17.5. The largest absolute Gasteiger partial charge is 0.496 e. The van der Waals surface area contributed by atoms with E-state index in [-0.39, 0.29) is 25.1 Å². The molecule has 2 atom stereocenters. The number of rotatable bonds is 10. The molecule has 0 aromatic heterocycles. The van der Waals surface area contributed by atoms with Crippen LogP contribution in [-0.4, -0.2) is 57.3 Å². The number of hydrogen-bond donors (Lipinski definition) is 2. The minimum Gasteiger partial charge on any atom is -0.496 e. The van der Waals surface area contributed by atoms with Gasteiger partial charge in [-0.15, -0.1) is 0 Å². The van der Waals surface area contributed by atoms with Crippen molar-refractivity contribution in [1.29, 1.82) is 0 Å². The molecule has 1 unspecified atom stereocenters. The van der Waals surface area contributed by atoms with Crippen LogP contribution in [0.5, 0.6) is 5.75 Å². The Balaban J connectivity index is 1.90. The van der Waals surface area contributed by atoms with E-state index < -0.39 is 45.8 Å². The number of nitrogens with zero attached hydrogens (tertiary/aromatic N) is 3. The van der Waals surface area contributed by atoms with E-state index in [0.29, 0.717) is 47.6 Å². The van der Waals surface area contributed by atoms with E-state index >= 15 is 0 Å². The minimum atomic E-state index is -1.43. The number of halogens is 1. The SMILES string of the molecule is CCC[C@@H](CC(=O)N1C/C(=N/O)CCC(Cc2cc(Cl)ccc2OC)C1=O)c1ccc(C(=O)O)c([N+](=O)[O-])c1. The highest BCUT2D eigenvalue weighted by Crippen LogP contribution is 2.33. The number of likely N-dealkylation sites (tertiary alicyclic amines) is 1. The number of imide groups is 1. The van der Waals surface area contributed by atoms with Gasteiger partial charge in [-0.2, -0.15) is 0 Å². The molecule has 11 nitrogen and oxygen atoms in total. The highest BCUT2D eigenvalue weighted by Gasteiger charge is 2.35. The van der Waals surface area contributed by atoms with Crippen molar-refractivity contribution >= 4 is 40.8 Å². The van der Waals surface area contributed by atoms with E-state index in [9.17, 15) is 34.8 Å². The summed E-state index contributed by atoms with van der Waals surface area (Å²) in [7, 11) is 1.51. The number of carbonyl (C=O) groups excluding carboxylic acids is 2. The molecule has 0 saturated carbocycles. The van der Waals surface area contributed by atoms with E-state index in [1.165, 1.54) is 19.2 Å². The summed E-state index contributed by atoms with van der Waals surface area (Å²) in [6, 6.07) is 8.87. The van der Waals surface area contributed by atoms with Crippen LogP contribution in [0.1, 0.15) is 66.4 Å².